The third-order valence-corrected chi connectivity index (χ3v) is 3.76. The molecule has 2 rings (SSSR count). The second kappa shape index (κ2) is 6.62. The zero-order valence-corrected chi connectivity index (χ0v) is 12.9. The highest BCUT2D eigenvalue weighted by Gasteiger charge is 2.17. The average molecular weight is 307 g/mol. The second-order valence-corrected chi connectivity index (χ2v) is 5.63. The molecule has 1 N–H and O–H groups in total. The summed E-state index contributed by atoms with van der Waals surface area (Å²) in [6, 6.07) is 7.68. The molecule has 1 aromatic carbocycles. The lowest BCUT2D eigenvalue weighted by molar-refractivity contribution is -0.133. The molecule has 21 heavy (non-hydrogen) atoms. The topological polar surface area (TPSA) is 77.2 Å². The number of benzene rings is 1. The molecule has 0 fully saturated rings. The number of methoxy groups -OCH3 is 1. The van der Waals surface area contributed by atoms with Gasteiger partial charge < -0.3 is 9.84 Å². The highest BCUT2D eigenvalue weighted by Crippen LogP contribution is 2.29. The summed E-state index contributed by atoms with van der Waals surface area (Å²) in [6.45, 7) is 4.02. The summed E-state index contributed by atoms with van der Waals surface area (Å²) in [4.78, 5) is 10.7. The second-order valence-electron chi connectivity index (χ2n) is 4.68. The zero-order chi connectivity index (χ0) is 15.4. The molecule has 112 valence electrons. The summed E-state index contributed by atoms with van der Waals surface area (Å²) in [6.07, 6.45) is 0. The molecule has 0 aliphatic rings. The minimum absolute atomic E-state index is 0.0387. The van der Waals surface area contributed by atoms with Crippen molar-refractivity contribution >= 4 is 17.7 Å². The van der Waals surface area contributed by atoms with Gasteiger partial charge in [-0.15, -0.1) is 10.2 Å². The Bertz CT molecular complexity index is 640. The molecule has 0 bridgehead atoms. The number of ether oxygens (including phenoxy) is 1. The van der Waals surface area contributed by atoms with E-state index in [0.717, 1.165) is 11.3 Å². The summed E-state index contributed by atoms with van der Waals surface area (Å²) in [5.74, 6) is 0.534. The Balaban J connectivity index is 2.41. The van der Waals surface area contributed by atoms with Crippen molar-refractivity contribution in [3.8, 4) is 17.1 Å². The van der Waals surface area contributed by atoms with Gasteiger partial charge in [-0.05, 0) is 26.0 Å². The van der Waals surface area contributed by atoms with Gasteiger partial charge in [0.2, 0.25) is 0 Å². The van der Waals surface area contributed by atoms with Gasteiger partial charge in [-0.25, -0.2) is 0 Å². The Labute approximate surface area is 127 Å². The van der Waals surface area contributed by atoms with Crippen LogP contribution in [-0.2, 0) is 4.79 Å². The molecule has 0 amide bonds. The highest BCUT2D eigenvalue weighted by molar-refractivity contribution is 7.99. The zero-order valence-electron chi connectivity index (χ0n) is 12.1. The first-order chi connectivity index (χ1) is 10.0. The van der Waals surface area contributed by atoms with Crippen LogP contribution < -0.4 is 4.74 Å². The Kier molecular flexibility index (Phi) is 4.85. The largest absolute Gasteiger partial charge is 0.497 e. The summed E-state index contributed by atoms with van der Waals surface area (Å²) in [5, 5.41) is 17.7. The molecule has 0 unspecified atom stereocenters. The summed E-state index contributed by atoms with van der Waals surface area (Å²) in [7, 11) is 1.61. The van der Waals surface area contributed by atoms with Gasteiger partial charge in [-0.2, -0.15) is 0 Å². The molecule has 0 aliphatic carbocycles. The number of carboxylic acids is 1. The van der Waals surface area contributed by atoms with E-state index in [1.165, 1.54) is 11.8 Å². The molecular weight excluding hydrogens is 290 g/mol. The predicted molar refractivity (Wildman–Crippen MR) is 80.8 cm³/mol. The van der Waals surface area contributed by atoms with Crippen LogP contribution in [0, 0.1) is 0 Å². The van der Waals surface area contributed by atoms with Crippen LogP contribution in [0.5, 0.6) is 5.75 Å². The third-order valence-electron chi connectivity index (χ3n) is 2.83. The lowest BCUT2D eigenvalue weighted by atomic mass is 10.2. The maximum atomic E-state index is 10.7. The van der Waals surface area contributed by atoms with E-state index in [1.54, 1.807) is 7.11 Å². The van der Waals surface area contributed by atoms with Crippen LogP contribution in [0.2, 0.25) is 0 Å². The van der Waals surface area contributed by atoms with Crippen molar-refractivity contribution in [1.29, 1.82) is 0 Å². The quantitative estimate of drug-likeness (QED) is 0.827. The van der Waals surface area contributed by atoms with E-state index >= 15 is 0 Å². The van der Waals surface area contributed by atoms with Gasteiger partial charge in [-0.1, -0.05) is 23.9 Å². The van der Waals surface area contributed by atoms with Crippen LogP contribution in [0.15, 0.2) is 29.4 Å². The van der Waals surface area contributed by atoms with Gasteiger partial charge in [0.1, 0.15) is 5.75 Å². The van der Waals surface area contributed by atoms with Crippen LogP contribution in [0.4, 0.5) is 0 Å². The number of aromatic nitrogens is 3. The van der Waals surface area contributed by atoms with Crippen molar-refractivity contribution < 1.29 is 14.6 Å². The number of hydrogen-bond acceptors (Lipinski definition) is 5. The number of nitrogens with zero attached hydrogens (tertiary/aromatic N) is 3. The average Bonchev–Trinajstić information content (AvgIpc) is 2.89. The molecule has 1 aromatic heterocycles. The normalized spacial score (nSPS) is 10.9. The first-order valence-corrected chi connectivity index (χ1v) is 7.45. The van der Waals surface area contributed by atoms with Gasteiger partial charge in [0, 0.05) is 11.6 Å². The van der Waals surface area contributed by atoms with Crippen molar-refractivity contribution in [3.63, 3.8) is 0 Å². The maximum Gasteiger partial charge on any atom is 0.313 e. The molecule has 0 saturated heterocycles. The molecule has 0 radical (unpaired) electrons. The molecule has 2 aromatic rings. The monoisotopic (exact) mass is 307 g/mol. The lowest BCUT2D eigenvalue weighted by Crippen LogP contribution is -2.07. The van der Waals surface area contributed by atoms with Crippen LogP contribution in [-0.4, -0.2) is 38.7 Å². The van der Waals surface area contributed by atoms with Crippen molar-refractivity contribution in [2.45, 2.75) is 25.0 Å². The maximum absolute atomic E-state index is 10.7. The lowest BCUT2D eigenvalue weighted by Gasteiger charge is -2.13. The van der Waals surface area contributed by atoms with Crippen LogP contribution in [0.1, 0.15) is 19.9 Å². The SMILES string of the molecule is COc1cccc(-c2nnc(SCC(=O)O)n2C(C)C)c1. The molecular formula is C14H17N3O3S. The van der Waals surface area contributed by atoms with Gasteiger partial charge in [0.25, 0.3) is 0 Å². The van der Waals surface area contributed by atoms with Gasteiger partial charge in [-0.3, -0.25) is 9.36 Å². The summed E-state index contributed by atoms with van der Waals surface area (Å²) in [5.41, 5.74) is 0.887. The summed E-state index contributed by atoms with van der Waals surface area (Å²) >= 11 is 1.17. The Morgan fingerprint density at radius 3 is 2.81 bits per heavy atom. The molecule has 6 nitrogen and oxygen atoms in total. The smallest absolute Gasteiger partial charge is 0.313 e. The standard InChI is InChI=1S/C14H17N3O3S/c1-9(2)17-13(10-5-4-6-11(7-10)20-3)15-16-14(17)21-8-12(18)19/h4-7,9H,8H2,1-3H3,(H,18,19). The van der Waals surface area contributed by atoms with E-state index in [4.69, 9.17) is 9.84 Å². The van der Waals surface area contributed by atoms with Gasteiger partial charge in [0.05, 0.1) is 12.9 Å². The number of carboxylic acid groups (broad SMARTS) is 1. The first-order valence-electron chi connectivity index (χ1n) is 6.47. The van der Waals surface area contributed by atoms with Crippen LogP contribution in [0.3, 0.4) is 0 Å². The number of aliphatic carboxylic acids is 1. The van der Waals surface area contributed by atoms with Crippen molar-refractivity contribution in [2.75, 3.05) is 12.9 Å². The molecule has 0 spiro atoms. The predicted octanol–water partition coefficient (Wildman–Crippen LogP) is 2.71. The van der Waals surface area contributed by atoms with Crippen molar-refractivity contribution in [2.24, 2.45) is 0 Å². The van der Waals surface area contributed by atoms with E-state index in [9.17, 15) is 4.79 Å². The van der Waals surface area contributed by atoms with Crippen LogP contribution in [0.25, 0.3) is 11.4 Å². The van der Waals surface area contributed by atoms with E-state index in [0.29, 0.717) is 11.0 Å². The Hall–Kier alpha value is -2.02. The number of hydrogen-bond donors (Lipinski definition) is 1. The fourth-order valence-corrected chi connectivity index (χ4v) is 2.71. The Morgan fingerprint density at radius 1 is 1.43 bits per heavy atom. The fraction of sp³-hybridized carbons (Fsp3) is 0.357. The minimum Gasteiger partial charge on any atom is -0.497 e. The van der Waals surface area contributed by atoms with Crippen molar-refractivity contribution in [1.82, 2.24) is 14.8 Å². The number of carbonyl (C=O) groups is 1. The molecule has 0 atom stereocenters. The molecule has 0 aliphatic heterocycles. The van der Waals surface area contributed by atoms with E-state index < -0.39 is 5.97 Å². The van der Waals surface area contributed by atoms with E-state index in [-0.39, 0.29) is 11.8 Å². The highest BCUT2D eigenvalue weighted by atomic mass is 32.2. The van der Waals surface area contributed by atoms with E-state index in [1.807, 2.05) is 42.7 Å². The van der Waals surface area contributed by atoms with Crippen molar-refractivity contribution in [3.05, 3.63) is 24.3 Å². The van der Waals surface area contributed by atoms with E-state index in [2.05, 4.69) is 10.2 Å². The molecule has 1 heterocycles. The van der Waals surface area contributed by atoms with Gasteiger partial charge in [0.15, 0.2) is 11.0 Å². The van der Waals surface area contributed by atoms with Crippen LogP contribution >= 0.6 is 11.8 Å². The van der Waals surface area contributed by atoms with Gasteiger partial charge >= 0.3 is 5.97 Å². The number of rotatable bonds is 6. The minimum atomic E-state index is -0.874. The summed E-state index contributed by atoms with van der Waals surface area (Å²) < 4.78 is 7.15. The first kappa shape index (κ1) is 15.4. The number of thioether (sulfide) groups is 1. The third kappa shape index (κ3) is 3.55. The Morgan fingerprint density at radius 2 is 2.19 bits per heavy atom. The fourth-order valence-electron chi connectivity index (χ4n) is 1.93. The molecule has 7 heteroatoms. The molecule has 0 saturated carbocycles.